The molecule has 1 aliphatic heterocycles. The summed E-state index contributed by atoms with van der Waals surface area (Å²) >= 11 is 0. The van der Waals surface area contributed by atoms with Crippen molar-refractivity contribution in [3.05, 3.63) is 47.5 Å². The quantitative estimate of drug-likeness (QED) is 0.808. The van der Waals surface area contributed by atoms with Crippen LogP contribution in [0.2, 0.25) is 0 Å². The van der Waals surface area contributed by atoms with Crippen LogP contribution in [-0.4, -0.2) is 25.1 Å². The van der Waals surface area contributed by atoms with Crippen molar-refractivity contribution in [3.63, 3.8) is 0 Å². The molecule has 0 saturated carbocycles. The highest BCUT2D eigenvalue weighted by atomic mass is 16.5. The topological polar surface area (TPSA) is 70.7 Å². The van der Waals surface area contributed by atoms with Crippen molar-refractivity contribution in [2.75, 3.05) is 28.7 Å². The van der Waals surface area contributed by atoms with Crippen LogP contribution in [0.5, 0.6) is 5.75 Å². The Hall–Kier alpha value is -3.02. The van der Waals surface area contributed by atoms with Crippen LogP contribution in [-0.2, 0) is 4.79 Å². The molecule has 3 rings (SSSR count). The second-order valence-electron chi connectivity index (χ2n) is 7.78. The summed E-state index contributed by atoms with van der Waals surface area (Å²) in [4.78, 5) is 26.8. The minimum Gasteiger partial charge on any atom is -0.490 e. The average molecular weight is 381 g/mol. The van der Waals surface area contributed by atoms with E-state index >= 15 is 0 Å². The SMILES string of the molecule is CCN1C(=O)C(C)(C)COc2cc(NC(=O)Nc3ccc(C)c(C)c3)ccc21. The van der Waals surface area contributed by atoms with Crippen LogP contribution in [0.3, 0.4) is 0 Å². The molecule has 6 heteroatoms. The van der Waals surface area contributed by atoms with Crippen LogP contribution in [0.25, 0.3) is 0 Å². The molecule has 3 amide bonds. The lowest BCUT2D eigenvalue weighted by atomic mass is 9.93. The van der Waals surface area contributed by atoms with Crippen LogP contribution >= 0.6 is 0 Å². The summed E-state index contributed by atoms with van der Waals surface area (Å²) in [5.74, 6) is 0.617. The Kier molecular flexibility index (Phi) is 5.31. The smallest absolute Gasteiger partial charge is 0.323 e. The fourth-order valence-electron chi connectivity index (χ4n) is 3.15. The number of fused-ring (bicyclic) bond motifs is 1. The van der Waals surface area contributed by atoms with Crippen molar-refractivity contribution in [2.45, 2.75) is 34.6 Å². The maximum absolute atomic E-state index is 12.7. The first-order valence-corrected chi connectivity index (χ1v) is 9.45. The van der Waals surface area contributed by atoms with Gasteiger partial charge in [0.2, 0.25) is 5.91 Å². The van der Waals surface area contributed by atoms with E-state index in [0.717, 1.165) is 16.9 Å². The third-order valence-electron chi connectivity index (χ3n) is 5.00. The molecule has 0 fully saturated rings. The highest BCUT2D eigenvalue weighted by Crippen LogP contribution is 2.38. The summed E-state index contributed by atoms with van der Waals surface area (Å²) in [7, 11) is 0. The van der Waals surface area contributed by atoms with E-state index in [-0.39, 0.29) is 18.5 Å². The van der Waals surface area contributed by atoms with E-state index in [9.17, 15) is 9.59 Å². The van der Waals surface area contributed by atoms with Crippen LogP contribution in [0.4, 0.5) is 21.9 Å². The van der Waals surface area contributed by atoms with Gasteiger partial charge in [-0.15, -0.1) is 0 Å². The largest absolute Gasteiger partial charge is 0.490 e. The molecule has 1 aliphatic rings. The van der Waals surface area contributed by atoms with Gasteiger partial charge in [0.25, 0.3) is 0 Å². The van der Waals surface area contributed by atoms with Gasteiger partial charge in [0.05, 0.1) is 11.1 Å². The van der Waals surface area contributed by atoms with Gasteiger partial charge in [0.1, 0.15) is 12.4 Å². The number of carbonyl (C=O) groups excluding carboxylic acids is 2. The molecule has 0 atom stereocenters. The van der Waals surface area contributed by atoms with Crippen LogP contribution in [0, 0.1) is 19.3 Å². The Morgan fingerprint density at radius 2 is 1.71 bits per heavy atom. The third-order valence-corrected chi connectivity index (χ3v) is 5.00. The third kappa shape index (κ3) is 3.96. The van der Waals surface area contributed by atoms with E-state index < -0.39 is 5.41 Å². The van der Waals surface area contributed by atoms with Crippen molar-refractivity contribution < 1.29 is 14.3 Å². The van der Waals surface area contributed by atoms with Crippen LogP contribution in [0.15, 0.2) is 36.4 Å². The van der Waals surface area contributed by atoms with Gasteiger partial charge >= 0.3 is 6.03 Å². The fourth-order valence-corrected chi connectivity index (χ4v) is 3.15. The van der Waals surface area contributed by atoms with Crippen molar-refractivity contribution >= 4 is 29.0 Å². The average Bonchev–Trinajstić information content (AvgIpc) is 2.73. The first-order chi connectivity index (χ1) is 13.2. The van der Waals surface area contributed by atoms with E-state index in [1.807, 2.05) is 58.9 Å². The summed E-state index contributed by atoms with van der Waals surface area (Å²) in [6, 6.07) is 10.8. The Labute approximate surface area is 165 Å². The minimum atomic E-state index is -0.608. The maximum Gasteiger partial charge on any atom is 0.323 e. The summed E-state index contributed by atoms with van der Waals surface area (Å²) < 4.78 is 5.90. The maximum atomic E-state index is 12.7. The number of aryl methyl sites for hydroxylation is 2. The number of ether oxygens (including phenoxy) is 1. The summed E-state index contributed by atoms with van der Waals surface area (Å²) in [6.07, 6.45) is 0. The highest BCUT2D eigenvalue weighted by Gasteiger charge is 2.37. The molecule has 2 aromatic rings. The van der Waals surface area contributed by atoms with E-state index in [1.165, 1.54) is 5.56 Å². The molecule has 1 heterocycles. The Bertz CT molecular complexity index is 921. The number of anilines is 3. The predicted molar refractivity (Wildman–Crippen MR) is 112 cm³/mol. The number of urea groups is 1. The van der Waals surface area contributed by atoms with Gasteiger partial charge in [-0.25, -0.2) is 4.79 Å². The standard InChI is InChI=1S/C22H27N3O3/c1-6-25-18-10-9-17(12-19(18)28-13-22(4,5)20(25)26)24-21(27)23-16-8-7-14(2)15(3)11-16/h7-12H,6,13H2,1-5H3,(H2,23,24,27). The van der Waals surface area contributed by atoms with Gasteiger partial charge in [-0.05, 0) is 70.0 Å². The van der Waals surface area contributed by atoms with Gasteiger partial charge in [-0.3, -0.25) is 4.79 Å². The van der Waals surface area contributed by atoms with Crippen molar-refractivity contribution in [2.24, 2.45) is 5.41 Å². The van der Waals surface area contributed by atoms with Gasteiger partial charge in [0, 0.05) is 24.0 Å². The van der Waals surface area contributed by atoms with Crippen LogP contribution < -0.4 is 20.3 Å². The zero-order chi connectivity index (χ0) is 20.5. The molecule has 0 bridgehead atoms. The predicted octanol–water partition coefficient (Wildman–Crippen LogP) is 4.72. The summed E-state index contributed by atoms with van der Waals surface area (Å²) in [5.41, 5.74) is 3.73. The molecule has 0 aromatic heterocycles. The first-order valence-electron chi connectivity index (χ1n) is 9.45. The van der Waals surface area contributed by atoms with Crippen molar-refractivity contribution in [3.8, 4) is 5.75 Å². The first kappa shape index (κ1) is 19.7. The van der Waals surface area contributed by atoms with Crippen LogP contribution in [0.1, 0.15) is 31.9 Å². The Morgan fingerprint density at radius 3 is 2.36 bits per heavy atom. The van der Waals surface area contributed by atoms with E-state index in [0.29, 0.717) is 18.0 Å². The zero-order valence-corrected chi connectivity index (χ0v) is 17.1. The minimum absolute atomic E-state index is 0.0296. The van der Waals surface area contributed by atoms with Crippen molar-refractivity contribution in [1.29, 1.82) is 0 Å². The van der Waals surface area contributed by atoms with Gasteiger partial charge in [-0.1, -0.05) is 6.07 Å². The molecule has 0 spiro atoms. The number of carbonyl (C=O) groups is 2. The Balaban J connectivity index is 1.78. The summed E-state index contributed by atoms with van der Waals surface area (Å²) in [6.45, 7) is 10.6. The number of rotatable bonds is 3. The number of amides is 3. The van der Waals surface area contributed by atoms with Gasteiger partial charge < -0.3 is 20.3 Å². The lowest BCUT2D eigenvalue weighted by Gasteiger charge is -2.26. The summed E-state index contributed by atoms with van der Waals surface area (Å²) in [5, 5.41) is 5.66. The lowest BCUT2D eigenvalue weighted by Crippen LogP contribution is -2.42. The van der Waals surface area contributed by atoms with E-state index in [1.54, 1.807) is 17.0 Å². The van der Waals surface area contributed by atoms with E-state index in [4.69, 9.17) is 4.74 Å². The Morgan fingerprint density at radius 1 is 1.07 bits per heavy atom. The van der Waals surface area contributed by atoms with Crippen molar-refractivity contribution in [1.82, 2.24) is 0 Å². The zero-order valence-electron chi connectivity index (χ0n) is 17.1. The molecule has 2 N–H and O–H groups in total. The normalized spacial score (nSPS) is 15.3. The second kappa shape index (κ2) is 7.54. The molecule has 0 radical (unpaired) electrons. The number of hydrogen-bond donors (Lipinski definition) is 2. The van der Waals surface area contributed by atoms with Gasteiger partial charge in [-0.2, -0.15) is 0 Å². The van der Waals surface area contributed by atoms with E-state index in [2.05, 4.69) is 10.6 Å². The lowest BCUT2D eigenvalue weighted by molar-refractivity contribution is -0.127. The van der Waals surface area contributed by atoms with Gasteiger partial charge in [0.15, 0.2) is 0 Å². The highest BCUT2D eigenvalue weighted by molar-refractivity contribution is 6.02. The molecular weight excluding hydrogens is 354 g/mol. The number of nitrogens with one attached hydrogen (secondary N) is 2. The monoisotopic (exact) mass is 381 g/mol. The molecule has 6 nitrogen and oxygen atoms in total. The molecule has 2 aromatic carbocycles. The number of hydrogen-bond acceptors (Lipinski definition) is 3. The molecule has 148 valence electrons. The molecule has 0 saturated heterocycles. The second-order valence-corrected chi connectivity index (χ2v) is 7.78. The molecule has 28 heavy (non-hydrogen) atoms. The molecule has 0 aliphatic carbocycles. The number of benzene rings is 2. The molecule has 0 unspecified atom stereocenters. The molecular formula is C22H27N3O3. The fraction of sp³-hybridized carbons (Fsp3) is 0.364. The number of nitrogens with zero attached hydrogens (tertiary/aromatic N) is 1.